The smallest absolute Gasteiger partial charge is 0.323 e. The van der Waals surface area contributed by atoms with Crippen molar-refractivity contribution in [2.24, 2.45) is 0 Å². The summed E-state index contributed by atoms with van der Waals surface area (Å²) < 4.78 is 15.5. The number of benzene rings is 1. The fourth-order valence-corrected chi connectivity index (χ4v) is 1.99. The quantitative estimate of drug-likeness (QED) is 0.715. The lowest BCUT2D eigenvalue weighted by Gasteiger charge is -2.07. The minimum atomic E-state index is -1.18. The lowest BCUT2D eigenvalue weighted by Crippen LogP contribution is -2.26. The Labute approximate surface area is 104 Å². The maximum absolute atomic E-state index is 13.2. The topological polar surface area (TPSA) is 89.5 Å². The predicted molar refractivity (Wildman–Crippen MR) is 62.3 cm³/mol. The van der Waals surface area contributed by atoms with Crippen molar-refractivity contribution in [1.29, 1.82) is 0 Å². The molecule has 0 aliphatic rings. The zero-order chi connectivity index (χ0) is 13.6. The summed E-state index contributed by atoms with van der Waals surface area (Å²) in [6.07, 6.45) is 1.28. The van der Waals surface area contributed by atoms with Crippen molar-refractivity contribution < 1.29 is 14.3 Å². The third-order valence-corrected chi connectivity index (χ3v) is 2.76. The molecule has 96 valence electrons. The third kappa shape index (κ3) is 1.65. The normalized spacial score (nSPS) is 11.2. The molecule has 0 fully saturated rings. The second-order valence-corrected chi connectivity index (χ2v) is 3.95. The highest BCUT2D eigenvalue weighted by molar-refractivity contribution is 5.81. The van der Waals surface area contributed by atoms with Gasteiger partial charge in [0.15, 0.2) is 5.65 Å². The van der Waals surface area contributed by atoms with E-state index < -0.39 is 23.9 Å². The summed E-state index contributed by atoms with van der Waals surface area (Å²) in [6, 6.07) is 3.65. The molecule has 0 radical (unpaired) electrons. The van der Waals surface area contributed by atoms with Crippen molar-refractivity contribution in [2.75, 3.05) is 0 Å². The number of halogens is 1. The number of hydrogen-bond donors (Lipinski definition) is 1. The molecule has 0 bridgehead atoms. The van der Waals surface area contributed by atoms with Crippen molar-refractivity contribution in [3.63, 3.8) is 0 Å². The van der Waals surface area contributed by atoms with E-state index in [1.807, 2.05) is 0 Å². The average Bonchev–Trinajstić information content (AvgIpc) is 2.83. The Morgan fingerprint density at radius 3 is 2.95 bits per heavy atom. The summed E-state index contributed by atoms with van der Waals surface area (Å²) in [5.41, 5.74) is 0.0266. The first kappa shape index (κ1) is 11.3. The Balaban J connectivity index is 2.52. The van der Waals surface area contributed by atoms with Crippen LogP contribution in [0.1, 0.15) is 0 Å². The van der Waals surface area contributed by atoms with Crippen LogP contribution in [0.25, 0.3) is 16.6 Å². The predicted octanol–water partition coefficient (Wildman–Crippen LogP) is 0.268. The zero-order valence-corrected chi connectivity index (χ0v) is 9.45. The highest BCUT2D eigenvalue weighted by atomic mass is 19.1. The molecule has 1 aromatic carbocycles. The minimum absolute atomic E-state index is 0.0549. The van der Waals surface area contributed by atoms with Crippen molar-refractivity contribution in [2.45, 2.75) is 6.54 Å². The molecular formula is C11H7FN4O3. The van der Waals surface area contributed by atoms with E-state index in [4.69, 9.17) is 5.11 Å². The van der Waals surface area contributed by atoms with Gasteiger partial charge in [-0.25, -0.2) is 4.39 Å². The number of carbonyl (C=O) groups is 1. The Morgan fingerprint density at radius 1 is 1.42 bits per heavy atom. The number of aliphatic carboxylic acids is 1. The molecule has 0 amide bonds. The molecular weight excluding hydrogens is 255 g/mol. The molecule has 3 aromatic rings. The molecule has 2 aromatic heterocycles. The van der Waals surface area contributed by atoms with E-state index in [0.29, 0.717) is 5.52 Å². The van der Waals surface area contributed by atoms with Gasteiger partial charge in [-0.05, 0) is 18.2 Å². The summed E-state index contributed by atoms with van der Waals surface area (Å²) in [5, 5.41) is 16.3. The van der Waals surface area contributed by atoms with Crippen molar-refractivity contribution in [3.8, 4) is 0 Å². The van der Waals surface area contributed by atoms with E-state index >= 15 is 0 Å². The highest BCUT2D eigenvalue weighted by Gasteiger charge is 2.14. The van der Waals surface area contributed by atoms with Gasteiger partial charge in [0.25, 0.3) is 5.56 Å². The van der Waals surface area contributed by atoms with E-state index in [2.05, 4.69) is 10.3 Å². The van der Waals surface area contributed by atoms with Crippen LogP contribution in [0.3, 0.4) is 0 Å². The molecule has 3 rings (SSSR count). The second-order valence-electron chi connectivity index (χ2n) is 3.95. The fourth-order valence-electron chi connectivity index (χ4n) is 1.99. The van der Waals surface area contributed by atoms with E-state index in [9.17, 15) is 14.0 Å². The van der Waals surface area contributed by atoms with Gasteiger partial charge >= 0.3 is 5.97 Å². The van der Waals surface area contributed by atoms with Gasteiger partial charge in [-0.3, -0.25) is 14.2 Å². The van der Waals surface area contributed by atoms with E-state index in [1.54, 1.807) is 0 Å². The highest BCUT2D eigenvalue weighted by Crippen LogP contribution is 2.13. The second kappa shape index (κ2) is 3.87. The Hall–Kier alpha value is -2.77. The lowest BCUT2D eigenvalue weighted by molar-refractivity contribution is -0.137. The largest absolute Gasteiger partial charge is 0.480 e. The van der Waals surface area contributed by atoms with Crippen LogP contribution in [0.4, 0.5) is 4.39 Å². The van der Waals surface area contributed by atoms with Gasteiger partial charge in [0.2, 0.25) is 0 Å². The van der Waals surface area contributed by atoms with Crippen molar-refractivity contribution in [1.82, 2.24) is 19.4 Å². The first-order valence-electron chi connectivity index (χ1n) is 5.32. The van der Waals surface area contributed by atoms with Gasteiger partial charge in [0.05, 0.1) is 17.1 Å². The summed E-state index contributed by atoms with van der Waals surface area (Å²) in [4.78, 5) is 23.0. The molecule has 7 nitrogen and oxygen atoms in total. The number of hydrogen-bond acceptors (Lipinski definition) is 4. The van der Waals surface area contributed by atoms with Crippen molar-refractivity contribution in [3.05, 3.63) is 40.6 Å². The third-order valence-electron chi connectivity index (χ3n) is 2.76. The van der Waals surface area contributed by atoms with Crippen LogP contribution in [0, 0.1) is 5.82 Å². The average molecular weight is 262 g/mol. The van der Waals surface area contributed by atoms with Crippen LogP contribution in [0.5, 0.6) is 0 Å². The molecule has 19 heavy (non-hydrogen) atoms. The Morgan fingerprint density at radius 2 is 2.21 bits per heavy atom. The standard InChI is InChI=1S/C11H7FN4O3/c12-6-1-2-8-7(3-6)11(19)15(5-10(17)18)9-4-13-14-16(8)9/h1-4H,5H2,(H,17,18). The first-order valence-corrected chi connectivity index (χ1v) is 5.32. The van der Waals surface area contributed by atoms with Crippen LogP contribution >= 0.6 is 0 Å². The van der Waals surface area contributed by atoms with Gasteiger partial charge in [0, 0.05) is 0 Å². The van der Waals surface area contributed by atoms with Gasteiger partial charge in [-0.2, -0.15) is 4.52 Å². The van der Waals surface area contributed by atoms with E-state index in [-0.39, 0.29) is 11.0 Å². The maximum atomic E-state index is 13.2. The van der Waals surface area contributed by atoms with Gasteiger partial charge < -0.3 is 5.11 Å². The number of nitrogens with zero attached hydrogens (tertiary/aromatic N) is 4. The van der Waals surface area contributed by atoms with Crippen LogP contribution < -0.4 is 5.56 Å². The zero-order valence-electron chi connectivity index (χ0n) is 9.45. The number of fused-ring (bicyclic) bond motifs is 3. The minimum Gasteiger partial charge on any atom is -0.480 e. The molecule has 0 spiro atoms. The van der Waals surface area contributed by atoms with Crippen LogP contribution in [-0.4, -0.2) is 30.5 Å². The summed E-state index contributed by atoms with van der Waals surface area (Å²) in [7, 11) is 0. The Kier molecular flexibility index (Phi) is 2.31. The number of rotatable bonds is 2. The monoisotopic (exact) mass is 262 g/mol. The summed E-state index contributed by atoms with van der Waals surface area (Å²) in [5.74, 6) is -1.76. The lowest BCUT2D eigenvalue weighted by atomic mass is 10.2. The fraction of sp³-hybridized carbons (Fsp3) is 0.0909. The SMILES string of the molecule is O=C(O)Cn1c(=O)c2cc(F)ccc2n2nncc12. The van der Waals surface area contributed by atoms with E-state index in [0.717, 1.165) is 10.6 Å². The van der Waals surface area contributed by atoms with Gasteiger partial charge in [0.1, 0.15) is 12.4 Å². The molecule has 0 saturated heterocycles. The van der Waals surface area contributed by atoms with Gasteiger partial charge in [-0.1, -0.05) is 5.21 Å². The summed E-state index contributed by atoms with van der Waals surface area (Å²) >= 11 is 0. The molecule has 0 aliphatic heterocycles. The molecule has 1 N–H and O–H groups in total. The first-order chi connectivity index (χ1) is 9.08. The summed E-state index contributed by atoms with van der Waals surface area (Å²) in [6.45, 7) is -0.540. The molecule has 0 saturated carbocycles. The van der Waals surface area contributed by atoms with Crippen LogP contribution in [0.15, 0.2) is 29.2 Å². The number of carboxylic acids is 1. The molecule has 2 heterocycles. The van der Waals surface area contributed by atoms with E-state index in [1.165, 1.54) is 22.8 Å². The number of carboxylic acid groups (broad SMARTS) is 1. The van der Waals surface area contributed by atoms with Crippen molar-refractivity contribution >= 4 is 22.5 Å². The van der Waals surface area contributed by atoms with Crippen LogP contribution in [-0.2, 0) is 11.3 Å². The molecule has 8 heteroatoms. The molecule has 0 unspecified atom stereocenters. The number of aromatic nitrogens is 4. The molecule has 0 atom stereocenters. The van der Waals surface area contributed by atoms with Gasteiger partial charge in [-0.15, -0.1) is 5.10 Å². The molecule has 0 aliphatic carbocycles. The Bertz CT molecular complexity index is 867. The van der Waals surface area contributed by atoms with Crippen LogP contribution in [0.2, 0.25) is 0 Å². The maximum Gasteiger partial charge on any atom is 0.323 e.